The number of aromatic hydroxyl groups is 1. The highest BCUT2D eigenvalue weighted by Crippen LogP contribution is 2.41. The fourth-order valence-corrected chi connectivity index (χ4v) is 3.79. The van der Waals surface area contributed by atoms with Crippen LogP contribution in [-0.4, -0.2) is 17.7 Å². The molecule has 1 aliphatic rings. The summed E-state index contributed by atoms with van der Waals surface area (Å²) in [7, 11) is 0. The summed E-state index contributed by atoms with van der Waals surface area (Å²) in [5, 5.41) is 13.4. The summed E-state index contributed by atoms with van der Waals surface area (Å²) in [5.41, 5.74) is 1.66. The van der Waals surface area contributed by atoms with Gasteiger partial charge in [0.25, 0.3) is 0 Å². The first kappa shape index (κ1) is 16.4. The third-order valence-corrected chi connectivity index (χ3v) is 5.08. The number of rotatable bonds is 4. The molecular formula is C19H31NO. The van der Waals surface area contributed by atoms with Crippen molar-refractivity contribution in [2.45, 2.75) is 59.4 Å². The van der Waals surface area contributed by atoms with Crippen LogP contribution in [0, 0.1) is 17.3 Å². The highest BCUT2D eigenvalue weighted by molar-refractivity contribution is 5.27. The lowest BCUT2D eigenvalue weighted by molar-refractivity contribution is 0.114. The summed E-state index contributed by atoms with van der Waals surface area (Å²) in [6.07, 6.45) is 4.96. The second-order valence-corrected chi connectivity index (χ2v) is 7.67. The van der Waals surface area contributed by atoms with Crippen LogP contribution in [-0.2, 0) is 6.42 Å². The van der Waals surface area contributed by atoms with Crippen LogP contribution >= 0.6 is 0 Å². The van der Waals surface area contributed by atoms with Gasteiger partial charge in [-0.1, -0.05) is 39.8 Å². The monoisotopic (exact) mass is 289 g/mol. The van der Waals surface area contributed by atoms with Crippen LogP contribution in [0.1, 0.15) is 52.5 Å². The van der Waals surface area contributed by atoms with Crippen LogP contribution in [0.25, 0.3) is 0 Å². The van der Waals surface area contributed by atoms with E-state index in [4.69, 9.17) is 0 Å². The quantitative estimate of drug-likeness (QED) is 0.862. The second kappa shape index (κ2) is 6.83. The van der Waals surface area contributed by atoms with E-state index in [1.165, 1.54) is 24.8 Å². The number of hydrogen-bond donors (Lipinski definition) is 2. The highest BCUT2D eigenvalue weighted by atomic mass is 16.3. The van der Waals surface area contributed by atoms with Gasteiger partial charge in [-0.05, 0) is 67.2 Å². The first-order chi connectivity index (χ1) is 9.90. The first-order valence-corrected chi connectivity index (χ1v) is 8.41. The Hall–Kier alpha value is -1.02. The second-order valence-electron chi connectivity index (χ2n) is 7.67. The van der Waals surface area contributed by atoms with Crippen molar-refractivity contribution in [2.75, 3.05) is 6.54 Å². The Morgan fingerprint density at radius 3 is 2.62 bits per heavy atom. The molecule has 3 atom stereocenters. The Labute approximate surface area is 130 Å². The van der Waals surface area contributed by atoms with Gasteiger partial charge in [0.15, 0.2) is 0 Å². The first-order valence-electron chi connectivity index (χ1n) is 8.41. The minimum absolute atomic E-state index is 0.385. The molecule has 0 radical (unpaired) electrons. The molecule has 1 aromatic carbocycles. The smallest absolute Gasteiger partial charge is 0.115 e. The molecule has 1 saturated carbocycles. The third kappa shape index (κ3) is 4.47. The van der Waals surface area contributed by atoms with E-state index in [9.17, 15) is 5.11 Å². The average molecular weight is 289 g/mol. The summed E-state index contributed by atoms with van der Waals surface area (Å²) in [4.78, 5) is 0. The molecule has 0 aliphatic heterocycles. The number of benzene rings is 1. The molecular weight excluding hydrogens is 258 g/mol. The van der Waals surface area contributed by atoms with E-state index in [2.05, 4.69) is 39.1 Å². The molecule has 0 aromatic heterocycles. The van der Waals surface area contributed by atoms with Crippen molar-refractivity contribution >= 4 is 0 Å². The number of nitrogens with one attached hydrogen (secondary N) is 1. The van der Waals surface area contributed by atoms with Gasteiger partial charge in [-0.25, -0.2) is 0 Å². The van der Waals surface area contributed by atoms with Gasteiger partial charge in [0.1, 0.15) is 5.75 Å². The number of hydrogen-bond acceptors (Lipinski definition) is 2. The standard InChI is InChI=1S/C19H31NO/c1-5-20-18-10-9-16(19(2,3)4)13-15(18)11-14-7-6-8-17(21)12-14/h6-8,12,15-16,18,20-21H,5,9-11,13H2,1-4H3. The maximum atomic E-state index is 9.68. The molecule has 0 bridgehead atoms. The lowest BCUT2D eigenvalue weighted by Crippen LogP contribution is -2.43. The molecule has 3 unspecified atom stereocenters. The summed E-state index contributed by atoms with van der Waals surface area (Å²) < 4.78 is 0. The zero-order valence-electron chi connectivity index (χ0n) is 14.0. The molecule has 0 heterocycles. The van der Waals surface area contributed by atoms with Crippen molar-refractivity contribution in [2.24, 2.45) is 17.3 Å². The predicted molar refractivity (Wildman–Crippen MR) is 89.6 cm³/mol. The molecule has 118 valence electrons. The van der Waals surface area contributed by atoms with Gasteiger partial charge in [0, 0.05) is 6.04 Å². The van der Waals surface area contributed by atoms with Gasteiger partial charge in [-0.15, -0.1) is 0 Å². The van der Waals surface area contributed by atoms with Crippen LogP contribution in [0.3, 0.4) is 0 Å². The van der Waals surface area contributed by atoms with Crippen molar-refractivity contribution in [1.82, 2.24) is 5.32 Å². The van der Waals surface area contributed by atoms with Crippen molar-refractivity contribution in [3.8, 4) is 5.75 Å². The van der Waals surface area contributed by atoms with E-state index >= 15 is 0 Å². The lowest BCUT2D eigenvalue weighted by atomic mass is 9.66. The van der Waals surface area contributed by atoms with E-state index < -0.39 is 0 Å². The molecule has 0 saturated heterocycles. The van der Waals surface area contributed by atoms with E-state index in [-0.39, 0.29) is 0 Å². The van der Waals surface area contributed by atoms with Crippen LogP contribution in [0.5, 0.6) is 5.75 Å². The molecule has 1 fully saturated rings. The van der Waals surface area contributed by atoms with Gasteiger partial charge in [0.05, 0.1) is 0 Å². The SMILES string of the molecule is CCNC1CCC(C(C)(C)C)CC1Cc1cccc(O)c1. The minimum Gasteiger partial charge on any atom is -0.508 e. The van der Waals surface area contributed by atoms with Gasteiger partial charge in [-0.3, -0.25) is 0 Å². The number of phenolic OH excluding ortho intramolecular Hbond substituents is 1. The molecule has 0 spiro atoms. The van der Waals surface area contributed by atoms with Crippen molar-refractivity contribution in [1.29, 1.82) is 0 Å². The molecule has 2 N–H and O–H groups in total. The van der Waals surface area contributed by atoms with Gasteiger partial charge in [-0.2, -0.15) is 0 Å². The maximum Gasteiger partial charge on any atom is 0.115 e. The fraction of sp³-hybridized carbons (Fsp3) is 0.684. The zero-order valence-corrected chi connectivity index (χ0v) is 14.0. The van der Waals surface area contributed by atoms with E-state index in [1.54, 1.807) is 6.07 Å². The molecule has 2 rings (SSSR count). The molecule has 1 aliphatic carbocycles. The third-order valence-electron chi connectivity index (χ3n) is 5.08. The Morgan fingerprint density at radius 1 is 1.24 bits per heavy atom. The maximum absolute atomic E-state index is 9.68. The average Bonchev–Trinajstić information content (AvgIpc) is 2.40. The fourth-order valence-electron chi connectivity index (χ4n) is 3.79. The number of phenols is 1. The van der Waals surface area contributed by atoms with E-state index in [1.807, 2.05) is 12.1 Å². The van der Waals surface area contributed by atoms with Crippen molar-refractivity contribution in [3.05, 3.63) is 29.8 Å². The molecule has 2 nitrogen and oxygen atoms in total. The Bertz CT molecular complexity index is 449. The minimum atomic E-state index is 0.385. The van der Waals surface area contributed by atoms with Crippen molar-refractivity contribution in [3.63, 3.8) is 0 Å². The largest absolute Gasteiger partial charge is 0.508 e. The molecule has 1 aromatic rings. The summed E-state index contributed by atoms with van der Waals surface area (Å²) in [6, 6.07) is 8.39. The molecule has 21 heavy (non-hydrogen) atoms. The summed E-state index contributed by atoms with van der Waals surface area (Å²) >= 11 is 0. The van der Waals surface area contributed by atoms with Gasteiger partial charge >= 0.3 is 0 Å². The van der Waals surface area contributed by atoms with E-state index in [0.717, 1.165) is 18.9 Å². The van der Waals surface area contributed by atoms with Crippen LogP contribution in [0.15, 0.2) is 24.3 Å². The predicted octanol–water partition coefficient (Wildman–Crippen LogP) is 4.38. The van der Waals surface area contributed by atoms with Crippen LogP contribution in [0.4, 0.5) is 0 Å². The van der Waals surface area contributed by atoms with Gasteiger partial charge < -0.3 is 10.4 Å². The Morgan fingerprint density at radius 2 is 2.00 bits per heavy atom. The van der Waals surface area contributed by atoms with Crippen LogP contribution in [0.2, 0.25) is 0 Å². The molecule has 2 heteroatoms. The summed E-state index contributed by atoms with van der Waals surface area (Å²) in [6.45, 7) is 10.4. The Kier molecular flexibility index (Phi) is 5.32. The Balaban J connectivity index is 2.10. The summed E-state index contributed by atoms with van der Waals surface area (Å²) in [5.74, 6) is 1.86. The normalized spacial score (nSPS) is 26.8. The zero-order chi connectivity index (χ0) is 15.5. The van der Waals surface area contributed by atoms with Crippen LogP contribution < -0.4 is 5.32 Å². The lowest BCUT2D eigenvalue weighted by Gasteiger charge is -2.42. The topological polar surface area (TPSA) is 32.3 Å². The highest BCUT2D eigenvalue weighted by Gasteiger charge is 2.35. The molecule has 0 amide bonds. The van der Waals surface area contributed by atoms with Crippen molar-refractivity contribution < 1.29 is 5.11 Å². The van der Waals surface area contributed by atoms with Gasteiger partial charge in [0.2, 0.25) is 0 Å². The van der Waals surface area contributed by atoms with E-state index in [0.29, 0.717) is 23.1 Å².